The molecule has 0 atom stereocenters. The fourth-order valence-electron chi connectivity index (χ4n) is 2.62. The van der Waals surface area contributed by atoms with Crippen molar-refractivity contribution < 1.29 is 28.5 Å². The molecule has 0 aliphatic carbocycles. The number of hydrogen-bond donors (Lipinski definition) is 0. The zero-order valence-corrected chi connectivity index (χ0v) is 16.8. The summed E-state index contributed by atoms with van der Waals surface area (Å²) in [6, 6.07) is 10.2. The lowest BCUT2D eigenvalue weighted by Gasteiger charge is -2.12. The van der Waals surface area contributed by atoms with E-state index >= 15 is 0 Å². The molecule has 7 nitrogen and oxygen atoms in total. The molecule has 8 heteroatoms. The van der Waals surface area contributed by atoms with Crippen LogP contribution in [0.5, 0.6) is 17.2 Å². The predicted molar refractivity (Wildman–Crippen MR) is 108 cm³/mol. The maximum atomic E-state index is 12.3. The highest BCUT2D eigenvalue weighted by atomic mass is 35.5. The maximum absolute atomic E-state index is 12.3. The SMILES string of the molecule is CCOc1cc(/C=C2/N=C(c3cccc(OC)c3)OC2=O)cc(Cl)c1OC(C)=O. The first-order valence-corrected chi connectivity index (χ1v) is 9.10. The van der Waals surface area contributed by atoms with E-state index in [1.54, 1.807) is 50.4 Å². The molecule has 0 spiro atoms. The lowest BCUT2D eigenvalue weighted by atomic mass is 10.1. The molecule has 0 saturated heterocycles. The second-order valence-electron chi connectivity index (χ2n) is 5.92. The van der Waals surface area contributed by atoms with Crippen LogP contribution in [0.3, 0.4) is 0 Å². The number of benzene rings is 2. The third-order valence-corrected chi connectivity index (χ3v) is 4.10. The van der Waals surface area contributed by atoms with Crippen LogP contribution in [0.15, 0.2) is 47.1 Å². The standard InChI is InChI=1S/C21H18ClNO6/c1-4-27-18-10-13(8-16(22)19(18)28-12(2)24)9-17-21(25)29-20(23-17)14-6-5-7-15(11-14)26-3/h5-11H,4H2,1-3H3/b17-9+. The zero-order valence-electron chi connectivity index (χ0n) is 16.0. The summed E-state index contributed by atoms with van der Waals surface area (Å²) >= 11 is 6.24. The van der Waals surface area contributed by atoms with E-state index in [4.69, 9.17) is 30.5 Å². The number of nitrogens with zero attached hydrogens (tertiary/aromatic N) is 1. The molecule has 0 N–H and O–H groups in total. The van der Waals surface area contributed by atoms with Crippen molar-refractivity contribution in [3.8, 4) is 17.2 Å². The van der Waals surface area contributed by atoms with Crippen LogP contribution in [-0.2, 0) is 14.3 Å². The molecule has 3 rings (SSSR count). The number of halogens is 1. The predicted octanol–water partition coefficient (Wildman–Crippen LogP) is 4.02. The normalized spacial score (nSPS) is 14.4. The third-order valence-electron chi connectivity index (χ3n) is 3.82. The topological polar surface area (TPSA) is 83.4 Å². The van der Waals surface area contributed by atoms with E-state index in [1.807, 2.05) is 0 Å². The van der Waals surface area contributed by atoms with Crippen molar-refractivity contribution in [2.75, 3.05) is 13.7 Å². The number of aliphatic imine (C=N–C) groups is 1. The molecule has 2 aromatic carbocycles. The Balaban J connectivity index is 1.97. The third kappa shape index (κ3) is 4.75. The van der Waals surface area contributed by atoms with E-state index in [-0.39, 0.29) is 28.1 Å². The van der Waals surface area contributed by atoms with Crippen LogP contribution >= 0.6 is 11.6 Å². The first kappa shape index (κ1) is 20.4. The van der Waals surface area contributed by atoms with Crippen molar-refractivity contribution in [2.45, 2.75) is 13.8 Å². The van der Waals surface area contributed by atoms with E-state index in [2.05, 4.69) is 4.99 Å². The molecule has 0 saturated carbocycles. The van der Waals surface area contributed by atoms with Crippen LogP contribution in [0.2, 0.25) is 5.02 Å². The largest absolute Gasteiger partial charge is 0.497 e. The molecular formula is C21H18ClNO6. The lowest BCUT2D eigenvalue weighted by molar-refractivity contribution is -0.132. The molecule has 1 heterocycles. The molecule has 0 amide bonds. The summed E-state index contributed by atoms with van der Waals surface area (Å²) in [5, 5.41) is 0.168. The minimum Gasteiger partial charge on any atom is -0.497 e. The Kier molecular flexibility index (Phi) is 6.19. The van der Waals surface area contributed by atoms with Crippen LogP contribution in [0, 0.1) is 0 Å². The number of carbonyl (C=O) groups is 2. The van der Waals surface area contributed by atoms with Crippen LogP contribution in [0.25, 0.3) is 6.08 Å². The average molecular weight is 416 g/mol. The van der Waals surface area contributed by atoms with Gasteiger partial charge >= 0.3 is 11.9 Å². The number of hydrogen-bond acceptors (Lipinski definition) is 7. The van der Waals surface area contributed by atoms with Crippen molar-refractivity contribution in [1.29, 1.82) is 0 Å². The summed E-state index contributed by atoms with van der Waals surface area (Å²) in [6.07, 6.45) is 1.52. The molecule has 1 aliphatic rings. The highest BCUT2D eigenvalue weighted by Crippen LogP contribution is 2.37. The first-order chi connectivity index (χ1) is 13.9. The molecule has 0 radical (unpaired) electrons. The molecule has 0 bridgehead atoms. The Morgan fingerprint density at radius 2 is 2.07 bits per heavy atom. The number of esters is 2. The maximum Gasteiger partial charge on any atom is 0.363 e. The Hall–Kier alpha value is -3.32. The van der Waals surface area contributed by atoms with Gasteiger partial charge in [0.15, 0.2) is 17.2 Å². The van der Waals surface area contributed by atoms with Gasteiger partial charge in [0, 0.05) is 12.5 Å². The first-order valence-electron chi connectivity index (χ1n) is 8.73. The molecule has 150 valence electrons. The zero-order chi connectivity index (χ0) is 21.0. The highest BCUT2D eigenvalue weighted by Gasteiger charge is 2.25. The average Bonchev–Trinajstić information content (AvgIpc) is 3.05. The van der Waals surface area contributed by atoms with Gasteiger partial charge in [-0.15, -0.1) is 0 Å². The second kappa shape index (κ2) is 8.79. The highest BCUT2D eigenvalue weighted by molar-refractivity contribution is 6.32. The lowest BCUT2D eigenvalue weighted by Crippen LogP contribution is -2.06. The summed E-state index contributed by atoms with van der Waals surface area (Å²) < 4.78 is 21.1. The Bertz CT molecular complexity index is 1030. The smallest absolute Gasteiger partial charge is 0.363 e. The number of carbonyl (C=O) groups excluding carboxylic acids is 2. The van der Waals surface area contributed by atoms with Crippen LogP contribution in [-0.4, -0.2) is 31.6 Å². The van der Waals surface area contributed by atoms with Crippen LogP contribution in [0.4, 0.5) is 0 Å². The van der Waals surface area contributed by atoms with E-state index in [9.17, 15) is 9.59 Å². The quantitative estimate of drug-likeness (QED) is 0.402. The van der Waals surface area contributed by atoms with E-state index in [1.165, 1.54) is 13.0 Å². The molecule has 1 aliphatic heterocycles. The van der Waals surface area contributed by atoms with E-state index < -0.39 is 11.9 Å². The van der Waals surface area contributed by atoms with E-state index in [0.29, 0.717) is 23.5 Å². The molecule has 0 fully saturated rings. The Labute approximate surface area is 172 Å². The minimum absolute atomic E-state index is 0.0987. The summed E-state index contributed by atoms with van der Waals surface area (Å²) in [5.41, 5.74) is 1.25. The van der Waals surface area contributed by atoms with Gasteiger partial charge in [-0.3, -0.25) is 4.79 Å². The van der Waals surface area contributed by atoms with Gasteiger partial charge in [-0.1, -0.05) is 17.7 Å². The van der Waals surface area contributed by atoms with Crippen molar-refractivity contribution >= 4 is 35.5 Å². The van der Waals surface area contributed by atoms with Gasteiger partial charge in [0.25, 0.3) is 0 Å². The summed E-state index contributed by atoms with van der Waals surface area (Å²) in [7, 11) is 1.55. The number of ether oxygens (including phenoxy) is 4. The fourth-order valence-corrected chi connectivity index (χ4v) is 2.88. The molecule has 0 aromatic heterocycles. The monoisotopic (exact) mass is 415 g/mol. The van der Waals surface area contributed by atoms with Crippen molar-refractivity contribution in [2.24, 2.45) is 4.99 Å². The van der Waals surface area contributed by atoms with Crippen molar-refractivity contribution in [3.05, 3.63) is 58.2 Å². The molecular weight excluding hydrogens is 398 g/mol. The Morgan fingerprint density at radius 1 is 1.28 bits per heavy atom. The van der Waals surface area contributed by atoms with Gasteiger partial charge in [0.2, 0.25) is 5.90 Å². The number of cyclic esters (lactones) is 1. The van der Waals surface area contributed by atoms with Crippen LogP contribution < -0.4 is 14.2 Å². The van der Waals surface area contributed by atoms with Gasteiger partial charge in [-0.25, -0.2) is 9.79 Å². The minimum atomic E-state index is -0.596. The van der Waals surface area contributed by atoms with Gasteiger partial charge in [-0.05, 0) is 48.9 Å². The second-order valence-corrected chi connectivity index (χ2v) is 6.33. The molecule has 29 heavy (non-hydrogen) atoms. The van der Waals surface area contributed by atoms with Gasteiger partial charge in [0.1, 0.15) is 5.75 Å². The number of rotatable bonds is 6. The summed E-state index contributed by atoms with van der Waals surface area (Å²) in [5.74, 6) is 0.0793. The summed E-state index contributed by atoms with van der Waals surface area (Å²) in [4.78, 5) is 27.8. The van der Waals surface area contributed by atoms with Crippen molar-refractivity contribution in [1.82, 2.24) is 0 Å². The Morgan fingerprint density at radius 3 is 2.76 bits per heavy atom. The van der Waals surface area contributed by atoms with Gasteiger partial charge in [-0.2, -0.15) is 0 Å². The van der Waals surface area contributed by atoms with Crippen molar-refractivity contribution in [3.63, 3.8) is 0 Å². The summed E-state index contributed by atoms with van der Waals surface area (Å²) in [6.45, 7) is 3.39. The van der Waals surface area contributed by atoms with E-state index in [0.717, 1.165) is 0 Å². The van der Waals surface area contributed by atoms with Crippen LogP contribution in [0.1, 0.15) is 25.0 Å². The molecule has 0 unspecified atom stereocenters. The van der Waals surface area contributed by atoms with Gasteiger partial charge in [0.05, 0.1) is 18.7 Å². The fraction of sp³-hybridized carbons (Fsp3) is 0.190. The van der Waals surface area contributed by atoms with Gasteiger partial charge < -0.3 is 18.9 Å². The number of methoxy groups -OCH3 is 1. The molecule has 2 aromatic rings.